The first-order valence-electron chi connectivity index (χ1n) is 9.14. The molecule has 6 nitrogen and oxygen atoms in total. The first-order chi connectivity index (χ1) is 12.4. The van der Waals surface area contributed by atoms with Gasteiger partial charge in [0.25, 0.3) is 0 Å². The topological polar surface area (TPSA) is 69.3 Å². The van der Waals surface area contributed by atoms with Crippen molar-refractivity contribution in [1.29, 1.82) is 0 Å². The Bertz CT molecular complexity index is 875. The van der Waals surface area contributed by atoms with E-state index < -0.39 is 9.84 Å². The number of imidazole rings is 1. The number of nitrogens with zero attached hydrogens (tertiary/aromatic N) is 3. The molecule has 1 N–H and O–H groups in total. The zero-order chi connectivity index (χ0) is 18.3. The minimum absolute atomic E-state index is 0.0512. The van der Waals surface area contributed by atoms with Crippen LogP contribution in [-0.4, -0.2) is 64.9 Å². The third-order valence-electron chi connectivity index (χ3n) is 5.70. The molecule has 3 heterocycles. The molecule has 0 amide bonds. The number of nitrogens with one attached hydrogen (secondary N) is 1. The number of aromatic amines is 1. The van der Waals surface area contributed by atoms with Crippen LogP contribution in [0.4, 0.5) is 0 Å². The van der Waals surface area contributed by atoms with Crippen LogP contribution >= 0.6 is 0 Å². The molecule has 2 aliphatic rings. The zero-order valence-corrected chi connectivity index (χ0v) is 16.2. The maximum absolute atomic E-state index is 12.4. The van der Waals surface area contributed by atoms with Gasteiger partial charge in [0.05, 0.1) is 23.5 Å². The van der Waals surface area contributed by atoms with Gasteiger partial charge in [-0.3, -0.25) is 9.80 Å². The lowest BCUT2D eigenvalue weighted by Crippen LogP contribution is -2.58. The van der Waals surface area contributed by atoms with Crippen molar-refractivity contribution in [1.82, 2.24) is 19.8 Å². The highest BCUT2D eigenvalue weighted by Gasteiger charge is 2.46. The van der Waals surface area contributed by atoms with Crippen LogP contribution in [0.25, 0.3) is 0 Å². The monoisotopic (exact) mass is 374 g/mol. The van der Waals surface area contributed by atoms with Gasteiger partial charge in [-0.05, 0) is 19.4 Å². The Kier molecular flexibility index (Phi) is 4.62. The molecule has 1 aromatic heterocycles. The van der Waals surface area contributed by atoms with Crippen LogP contribution in [0.1, 0.15) is 22.5 Å². The number of benzene rings is 1. The molecular formula is C19H26N4O2S. The highest BCUT2D eigenvalue weighted by molar-refractivity contribution is 7.91. The molecule has 2 aliphatic heterocycles. The summed E-state index contributed by atoms with van der Waals surface area (Å²) in [6.45, 7) is 7.37. The molecule has 0 radical (unpaired) electrons. The average Bonchev–Trinajstić information content (AvgIpc) is 3.14. The Labute approximate surface area is 155 Å². The number of aromatic nitrogens is 2. The predicted octanol–water partition coefficient (Wildman–Crippen LogP) is 1.51. The van der Waals surface area contributed by atoms with E-state index in [1.54, 1.807) is 6.33 Å². The molecule has 140 valence electrons. The molecule has 2 saturated heterocycles. The summed E-state index contributed by atoms with van der Waals surface area (Å²) in [5.41, 5.74) is 4.56. The second kappa shape index (κ2) is 6.79. The number of aryl methyl sites for hydroxylation is 2. The highest BCUT2D eigenvalue weighted by atomic mass is 32.2. The summed E-state index contributed by atoms with van der Waals surface area (Å²) in [5, 5.41) is 0. The maximum Gasteiger partial charge on any atom is 0.153 e. The van der Waals surface area contributed by atoms with Crippen molar-refractivity contribution in [3.05, 3.63) is 53.1 Å². The van der Waals surface area contributed by atoms with E-state index in [0.717, 1.165) is 31.0 Å². The van der Waals surface area contributed by atoms with Gasteiger partial charge in [0, 0.05) is 44.0 Å². The van der Waals surface area contributed by atoms with E-state index in [2.05, 4.69) is 51.0 Å². The Morgan fingerprint density at radius 3 is 2.23 bits per heavy atom. The summed E-state index contributed by atoms with van der Waals surface area (Å²) in [6.07, 6.45) is 1.71. The summed E-state index contributed by atoms with van der Waals surface area (Å²) in [5.74, 6) is 0.519. The third-order valence-corrected chi connectivity index (χ3v) is 7.40. The van der Waals surface area contributed by atoms with Crippen LogP contribution in [-0.2, 0) is 22.9 Å². The predicted molar refractivity (Wildman–Crippen MR) is 102 cm³/mol. The summed E-state index contributed by atoms with van der Waals surface area (Å²) in [7, 11) is -2.99. The Morgan fingerprint density at radius 1 is 1.04 bits per heavy atom. The van der Waals surface area contributed by atoms with Crippen LogP contribution in [0.2, 0.25) is 0 Å². The number of H-pyrrole nitrogens is 1. The number of sulfone groups is 1. The molecule has 0 aliphatic carbocycles. The summed E-state index contributed by atoms with van der Waals surface area (Å²) >= 11 is 0. The van der Waals surface area contributed by atoms with E-state index in [1.165, 1.54) is 11.1 Å². The molecule has 2 atom stereocenters. The molecule has 2 aromatic rings. The maximum atomic E-state index is 12.4. The molecular weight excluding hydrogens is 348 g/mol. The number of hydrogen-bond acceptors (Lipinski definition) is 5. The lowest BCUT2D eigenvalue weighted by molar-refractivity contribution is 0.0347. The van der Waals surface area contributed by atoms with Gasteiger partial charge in [-0.1, -0.05) is 29.8 Å². The molecule has 0 bridgehead atoms. The van der Waals surface area contributed by atoms with E-state index in [0.29, 0.717) is 6.54 Å². The number of fused-ring (bicyclic) bond motifs is 1. The fourth-order valence-corrected chi connectivity index (χ4v) is 6.20. The minimum Gasteiger partial charge on any atom is -0.348 e. The SMILES string of the molecule is Cc1ccc(CN2CCN(Cc3nc[nH]c3C)[C@@H]3CS(=O)(=O)C[C@@H]32)cc1. The molecule has 2 fully saturated rings. The molecule has 4 rings (SSSR count). The van der Waals surface area contributed by atoms with E-state index in [-0.39, 0.29) is 23.6 Å². The molecule has 7 heteroatoms. The van der Waals surface area contributed by atoms with Gasteiger partial charge < -0.3 is 4.98 Å². The first-order valence-corrected chi connectivity index (χ1v) is 11.0. The van der Waals surface area contributed by atoms with Gasteiger partial charge in [0.1, 0.15) is 0 Å². The Balaban J connectivity index is 1.53. The molecule has 0 unspecified atom stereocenters. The first kappa shape index (κ1) is 17.7. The van der Waals surface area contributed by atoms with Crippen molar-refractivity contribution in [3.8, 4) is 0 Å². The fourth-order valence-electron chi connectivity index (χ4n) is 4.16. The van der Waals surface area contributed by atoms with Crippen LogP contribution in [0, 0.1) is 13.8 Å². The van der Waals surface area contributed by atoms with Crippen LogP contribution in [0.5, 0.6) is 0 Å². The summed E-state index contributed by atoms with van der Waals surface area (Å²) in [6, 6.07) is 8.65. The van der Waals surface area contributed by atoms with Crippen LogP contribution < -0.4 is 0 Å². The highest BCUT2D eigenvalue weighted by Crippen LogP contribution is 2.29. The largest absolute Gasteiger partial charge is 0.348 e. The van der Waals surface area contributed by atoms with Gasteiger partial charge in [0.15, 0.2) is 9.84 Å². The van der Waals surface area contributed by atoms with Crippen LogP contribution in [0.3, 0.4) is 0 Å². The summed E-state index contributed by atoms with van der Waals surface area (Å²) < 4.78 is 24.8. The quantitative estimate of drug-likeness (QED) is 0.879. The number of hydrogen-bond donors (Lipinski definition) is 1. The van der Waals surface area contributed by atoms with Gasteiger partial charge in [-0.15, -0.1) is 0 Å². The Hall–Kier alpha value is -1.70. The van der Waals surface area contributed by atoms with Crippen molar-refractivity contribution in [2.45, 2.75) is 39.0 Å². The van der Waals surface area contributed by atoms with E-state index in [4.69, 9.17) is 0 Å². The smallest absolute Gasteiger partial charge is 0.153 e. The van der Waals surface area contributed by atoms with Crippen molar-refractivity contribution in [2.75, 3.05) is 24.6 Å². The van der Waals surface area contributed by atoms with Crippen molar-refractivity contribution in [2.24, 2.45) is 0 Å². The van der Waals surface area contributed by atoms with Crippen molar-refractivity contribution < 1.29 is 8.42 Å². The number of piperazine rings is 1. The Morgan fingerprint density at radius 2 is 1.65 bits per heavy atom. The molecule has 0 spiro atoms. The van der Waals surface area contributed by atoms with Gasteiger partial charge in [0.2, 0.25) is 0 Å². The standard InChI is InChI=1S/C19H26N4O2S/c1-14-3-5-16(6-4-14)9-22-7-8-23(10-17-15(2)20-13-21-17)19-12-26(24,25)11-18(19)22/h3-6,13,18-19H,7-12H2,1-2H3,(H,20,21)/t18-,19+/m0/s1. The van der Waals surface area contributed by atoms with Gasteiger partial charge in [-0.2, -0.15) is 0 Å². The fraction of sp³-hybridized carbons (Fsp3) is 0.526. The summed E-state index contributed by atoms with van der Waals surface area (Å²) in [4.78, 5) is 12.2. The molecule has 26 heavy (non-hydrogen) atoms. The van der Waals surface area contributed by atoms with Gasteiger partial charge >= 0.3 is 0 Å². The molecule has 1 aromatic carbocycles. The van der Waals surface area contributed by atoms with Crippen molar-refractivity contribution >= 4 is 9.84 Å². The van der Waals surface area contributed by atoms with Gasteiger partial charge in [-0.25, -0.2) is 13.4 Å². The zero-order valence-electron chi connectivity index (χ0n) is 15.4. The number of rotatable bonds is 4. The normalized spacial score (nSPS) is 26.1. The lowest BCUT2D eigenvalue weighted by atomic mass is 10.0. The second-order valence-corrected chi connectivity index (χ2v) is 9.77. The average molecular weight is 375 g/mol. The second-order valence-electron chi connectivity index (χ2n) is 7.61. The van der Waals surface area contributed by atoms with E-state index in [9.17, 15) is 8.42 Å². The van der Waals surface area contributed by atoms with Crippen molar-refractivity contribution in [3.63, 3.8) is 0 Å². The molecule has 0 saturated carbocycles. The van der Waals surface area contributed by atoms with E-state index >= 15 is 0 Å². The van der Waals surface area contributed by atoms with Crippen LogP contribution in [0.15, 0.2) is 30.6 Å². The lowest BCUT2D eigenvalue weighted by Gasteiger charge is -2.43. The minimum atomic E-state index is -2.99. The third kappa shape index (κ3) is 3.56. The van der Waals surface area contributed by atoms with E-state index in [1.807, 2.05) is 6.92 Å².